The second kappa shape index (κ2) is 5.05. The van der Waals surface area contributed by atoms with Crippen molar-refractivity contribution >= 4 is 16.8 Å². The average molecular weight is 288 g/mol. The molecule has 3 rings (SSSR count). The first-order chi connectivity index (χ1) is 9.95. The topological polar surface area (TPSA) is 85.2 Å². The number of aromatic nitrogens is 1. The van der Waals surface area contributed by atoms with E-state index in [4.69, 9.17) is 11.5 Å². The molecule has 110 valence electrons. The number of hydrogen-bond acceptors (Lipinski definition) is 4. The number of nitrogens with two attached hydrogens (primary N) is 2. The van der Waals surface area contributed by atoms with Gasteiger partial charge in [-0.15, -0.1) is 0 Å². The Bertz CT molecular complexity index is 708. The Hall–Kier alpha value is -2.05. The molecule has 21 heavy (non-hydrogen) atoms. The van der Waals surface area contributed by atoms with E-state index in [0.29, 0.717) is 29.9 Å². The van der Waals surface area contributed by atoms with Crippen LogP contribution in [0.15, 0.2) is 24.3 Å². The van der Waals surface area contributed by atoms with E-state index < -0.39 is 0 Å². The molecule has 2 aromatic rings. The molecular formula is C15H17FN4O. The summed E-state index contributed by atoms with van der Waals surface area (Å²) in [6, 6.07) is 5.69. The van der Waals surface area contributed by atoms with Crippen molar-refractivity contribution in [2.75, 3.05) is 13.1 Å². The fourth-order valence-corrected chi connectivity index (χ4v) is 2.64. The molecule has 1 fully saturated rings. The summed E-state index contributed by atoms with van der Waals surface area (Å²) in [4.78, 5) is 18.5. The molecule has 5 nitrogen and oxygen atoms in total. The van der Waals surface area contributed by atoms with Crippen molar-refractivity contribution in [1.29, 1.82) is 0 Å². The minimum atomic E-state index is -0.343. The first-order valence-electron chi connectivity index (χ1n) is 6.83. The third-order valence-electron chi connectivity index (χ3n) is 3.90. The van der Waals surface area contributed by atoms with E-state index in [1.165, 1.54) is 12.1 Å². The number of nitrogens with zero attached hydrogens (tertiary/aromatic N) is 2. The van der Waals surface area contributed by atoms with Crippen LogP contribution >= 0.6 is 0 Å². The number of carbonyl (C=O) groups is 1. The lowest BCUT2D eigenvalue weighted by Gasteiger charge is -2.17. The van der Waals surface area contributed by atoms with Crippen molar-refractivity contribution in [2.45, 2.75) is 19.0 Å². The maximum absolute atomic E-state index is 13.2. The fourth-order valence-electron chi connectivity index (χ4n) is 2.64. The smallest absolute Gasteiger partial charge is 0.255 e. The van der Waals surface area contributed by atoms with Gasteiger partial charge < -0.3 is 16.4 Å². The van der Waals surface area contributed by atoms with Gasteiger partial charge in [0.05, 0.1) is 16.8 Å². The van der Waals surface area contributed by atoms with Gasteiger partial charge in [0.1, 0.15) is 5.82 Å². The molecule has 0 spiro atoms. The number of fused-ring (bicyclic) bond motifs is 1. The number of rotatable bonds is 1. The number of hydrogen-bond donors (Lipinski definition) is 2. The molecule has 1 amide bonds. The van der Waals surface area contributed by atoms with Gasteiger partial charge in [-0.1, -0.05) is 0 Å². The Morgan fingerprint density at radius 1 is 1.29 bits per heavy atom. The Morgan fingerprint density at radius 2 is 1.95 bits per heavy atom. The highest BCUT2D eigenvalue weighted by Crippen LogP contribution is 2.20. The molecule has 1 aliphatic heterocycles. The first-order valence-corrected chi connectivity index (χ1v) is 6.83. The number of carbonyl (C=O) groups excluding carboxylic acids is 1. The number of halogens is 1. The van der Waals surface area contributed by atoms with E-state index in [9.17, 15) is 9.18 Å². The second-order valence-electron chi connectivity index (χ2n) is 5.50. The van der Waals surface area contributed by atoms with Crippen molar-refractivity contribution in [1.82, 2.24) is 9.88 Å². The van der Waals surface area contributed by atoms with Crippen LogP contribution in [0.2, 0.25) is 0 Å². The van der Waals surface area contributed by atoms with Gasteiger partial charge in [0.15, 0.2) is 0 Å². The van der Waals surface area contributed by atoms with Gasteiger partial charge >= 0.3 is 0 Å². The minimum Gasteiger partial charge on any atom is -0.335 e. The first kappa shape index (κ1) is 13.9. The van der Waals surface area contributed by atoms with Gasteiger partial charge in [0.2, 0.25) is 0 Å². The van der Waals surface area contributed by atoms with Gasteiger partial charge in [0.25, 0.3) is 5.91 Å². The highest BCUT2D eigenvalue weighted by Gasteiger charge is 2.31. The number of likely N-dealkylation sites (tertiary alicyclic amines) is 1. The van der Waals surface area contributed by atoms with E-state index in [0.717, 1.165) is 5.39 Å². The maximum Gasteiger partial charge on any atom is 0.255 e. The Morgan fingerprint density at radius 3 is 2.62 bits per heavy atom. The second-order valence-corrected chi connectivity index (χ2v) is 5.50. The van der Waals surface area contributed by atoms with E-state index in [2.05, 4.69) is 4.98 Å². The lowest BCUT2D eigenvalue weighted by atomic mass is 10.1. The molecule has 1 aliphatic rings. The fraction of sp³-hybridized carbons (Fsp3) is 0.333. The number of aryl methyl sites for hydroxylation is 1. The average Bonchev–Trinajstić information content (AvgIpc) is 2.77. The third kappa shape index (κ3) is 2.48. The van der Waals surface area contributed by atoms with Crippen LogP contribution in [0.4, 0.5) is 4.39 Å². The SMILES string of the molecule is Cc1nc2cc(F)ccc2cc1C(=O)N1C[C@@H](N)[C@H](N)C1. The highest BCUT2D eigenvalue weighted by molar-refractivity contribution is 5.98. The van der Waals surface area contributed by atoms with Crippen LogP contribution in [0.5, 0.6) is 0 Å². The van der Waals surface area contributed by atoms with Crippen LogP contribution in [-0.2, 0) is 0 Å². The van der Waals surface area contributed by atoms with Crippen LogP contribution < -0.4 is 11.5 Å². The van der Waals surface area contributed by atoms with E-state index in [-0.39, 0.29) is 23.8 Å². The van der Waals surface area contributed by atoms with Crippen LogP contribution in [0.25, 0.3) is 10.9 Å². The van der Waals surface area contributed by atoms with Gasteiger partial charge in [-0.05, 0) is 25.1 Å². The molecule has 0 saturated carbocycles. The normalized spacial score (nSPS) is 22.0. The molecule has 0 unspecified atom stereocenters. The summed E-state index contributed by atoms with van der Waals surface area (Å²) in [5.41, 5.74) is 13.3. The summed E-state index contributed by atoms with van der Waals surface area (Å²) in [5.74, 6) is -0.473. The van der Waals surface area contributed by atoms with Crippen LogP contribution in [0.1, 0.15) is 16.1 Å². The van der Waals surface area contributed by atoms with Crippen LogP contribution in [0, 0.1) is 12.7 Å². The largest absolute Gasteiger partial charge is 0.335 e. The Labute approximate surface area is 121 Å². The molecule has 4 N–H and O–H groups in total. The Balaban J connectivity index is 1.98. The lowest BCUT2D eigenvalue weighted by molar-refractivity contribution is 0.0788. The summed E-state index contributed by atoms with van der Waals surface area (Å²) in [7, 11) is 0. The zero-order valence-corrected chi connectivity index (χ0v) is 11.7. The van der Waals surface area contributed by atoms with Gasteiger partial charge in [-0.2, -0.15) is 0 Å². The zero-order chi connectivity index (χ0) is 15.1. The van der Waals surface area contributed by atoms with Crippen molar-refractivity contribution in [3.05, 3.63) is 41.3 Å². The van der Waals surface area contributed by atoms with Crippen molar-refractivity contribution in [3.63, 3.8) is 0 Å². The predicted molar refractivity (Wildman–Crippen MR) is 78.3 cm³/mol. The molecule has 2 atom stereocenters. The van der Waals surface area contributed by atoms with Crippen molar-refractivity contribution in [3.8, 4) is 0 Å². The molecule has 1 aromatic carbocycles. The number of benzene rings is 1. The number of amides is 1. The molecule has 0 aliphatic carbocycles. The maximum atomic E-state index is 13.2. The molecular weight excluding hydrogens is 271 g/mol. The van der Waals surface area contributed by atoms with Crippen LogP contribution in [-0.4, -0.2) is 41.0 Å². The van der Waals surface area contributed by atoms with Crippen LogP contribution in [0.3, 0.4) is 0 Å². The predicted octanol–water partition coefficient (Wildman–Crippen LogP) is 0.793. The molecule has 0 bridgehead atoms. The van der Waals surface area contributed by atoms with E-state index >= 15 is 0 Å². The standard InChI is InChI=1S/C15H17FN4O/c1-8-11(15(21)20-6-12(17)13(18)7-20)4-9-2-3-10(16)5-14(9)19-8/h2-5,12-13H,6-7,17-18H2,1H3/t12-,13-/m1/s1. The minimum absolute atomic E-state index is 0.130. The van der Waals surface area contributed by atoms with E-state index in [1.807, 2.05) is 0 Å². The number of pyridine rings is 1. The molecule has 2 heterocycles. The summed E-state index contributed by atoms with van der Waals surface area (Å²) in [6.07, 6.45) is 0. The monoisotopic (exact) mass is 288 g/mol. The zero-order valence-electron chi connectivity index (χ0n) is 11.7. The highest BCUT2D eigenvalue weighted by atomic mass is 19.1. The lowest BCUT2D eigenvalue weighted by Crippen LogP contribution is -2.39. The molecule has 0 radical (unpaired) electrons. The van der Waals surface area contributed by atoms with Gasteiger partial charge in [0, 0.05) is 36.6 Å². The van der Waals surface area contributed by atoms with Gasteiger partial charge in [-0.25, -0.2) is 4.39 Å². The van der Waals surface area contributed by atoms with Gasteiger partial charge in [-0.3, -0.25) is 9.78 Å². The van der Waals surface area contributed by atoms with Crippen molar-refractivity contribution < 1.29 is 9.18 Å². The Kier molecular flexibility index (Phi) is 3.35. The van der Waals surface area contributed by atoms with E-state index in [1.54, 1.807) is 24.0 Å². The summed E-state index contributed by atoms with van der Waals surface area (Å²) in [5, 5.41) is 0.734. The molecule has 1 saturated heterocycles. The van der Waals surface area contributed by atoms with Crippen molar-refractivity contribution in [2.24, 2.45) is 11.5 Å². The molecule has 1 aromatic heterocycles. The third-order valence-corrected chi connectivity index (χ3v) is 3.90. The summed E-state index contributed by atoms with van der Waals surface area (Å²) >= 11 is 0. The quantitative estimate of drug-likeness (QED) is 0.812. The summed E-state index contributed by atoms with van der Waals surface area (Å²) < 4.78 is 13.2. The molecule has 6 heteroatoms. The summed E-state index contributed by atoms with van der Waals surface area (Å²) in [6.45, 7) is 2.63.